The summed E-state index contributed by atoms with van der Waals surface area (Å²) in [5, 5.41) is 29.5. The minimum absolute atomic E-state index is 1.75. The molecule has 0 saturated carbocycles. The van der Waals surface area contributed by atoms with Crippen LogP contribution in [0.25, 0.3) is 0 Å². The van der Waals surface area contributed by atoms with Crippen LogP contribution in [-0.2, 0) is 0 Å². The van der Waals surface area contributed by atoms with Crippen LogP contribution in [0.15, 0.2) is 0 Å². The largest absolute Gasteiger partial charge is 0.360 e. The fourth-order valence-electron chi connectivity index (χ4n) is 0. The van der Waals surface area contributed by atoms with Crippen LogP contribution in [-0.4, -0.2) is 24.3 Å². The number of nitrogens with zero attached hydrogens (tertiary/aromatic N) is 2. The molecule has 0 aliphatic carbocycles. The Kier molecular flexibility index (Phi) is 64.7. The van der Waals surface area contributed by atoms with Crippen LogP contribution in [0.3, 0.4) is 0 Å². The minimum Gasteiger partial charge on any atom is -0.360 e. The van der Waals surface area contributed by atoms with Gasteiger partial charge in [-0.15, -0.1) is 0 Å². The van der Waals surface area contributed by atoms with Crippen molar-refractivity contribution in [2.75, 3.05) is 14.1 Å². The van der Waals surface area contributed by atoms with Crippen molar-refractivity contribution >= 4 is 0 Å². The van der Waals surface area contributed by atoms with E-state index in [1.807, 2.05) is 0 Å². The molecule has 0 heterocycles. The zero-order valence-electron chi connectivity index (χ0n) is 6.76. The number of hydrogen-bond donors (Lipinski definition) is 2. The third kappa shape index (κ3) is 158. The van der Waals surface area contributed by atoms with E-state index in [1.54, 1.807) is 14.1 Å². The summed E-state index contributed by atoms with van der Waals surface area (Å²) in [6, 6.07) is 0. The Morgan fingerprint density at radius 1 is 0.750 bits per heavy atom. The lowest BCUT2D eigenvalue weighted by Crippen LogP contribution is -2.40. The highest BCUT2D eigenvalue weighted by Crippen LogP contribution is 1.44. The summed E-state index contributed by atoms with van der Waals surface area (Å²) in [5.74, 6) is 0. The van der Waals surface area contributed by atoms with Gasteiger partial charge in [0.1, 0.15) is 0 Å². The van der Waals surface area contributed by atoms with Crippen LogP contribution < -0.4 is 11.5 Å². The van der Waals surface area contributed by atoms with Crippen molar-refractivity contribution in [1.29, 1.82) is 0 Å². The summed E-state index contributed by atoms with van der Waals surface area (Å²) in [4.78, 5) is 16.5. The molecule has 0 fully saturated rings. The number of rotatable bonds is 0. The smallest absolute Gasteiger partial charge is 0.0689 e. The van der Waals surface area contributed by atoms with E-state index < -0.39 is 10.2 Å². The van der Waals surface area contributed by atoms with Crippen LogP contribution in [0.4, 0.5) is 0 Å². The summed E-state index contributed by atoms with van der Waals surface area (Å²) in [5.41, 5.74) is 6.50. The summed E-state index contributed by atoms with van der Waals surface area (Å²) >= 11 is 0. The summed E-state index contributed by atoms with van der Waals surface area (Å²) in [7, 11) is 3.50. The molecule has 6 N–H and O–H groups in total. The van der Waals surface area contributed by atoms with Gasteiger partial charge in [0.15, 0.2) is 0 Å². The second-order valence-corrected chi connectivity index (χ2v) is 0.447. The second kappa shape index (κ2) is 34.6. The Morgan fingerprint density at radius 2 is 0.750 bits per heavy atom. The molecule has 0 aromatic heterocycles. The summed E-state index contributed by atoms with van der Waals surface area (Å²) < 4.78 is 0. The average Bonchev–Trinajstić information content (AvgIpc) is 1.93. The lowest BCUT2D eigenvalue weighted by Gasteiger charge is -1.74. The molecule has 0 spiro atoms. The fraction of sp³-hybridized carbons (Fsp3) is 1.00. The number of quaternary nitrogens is 2. The molecule has 0 aromatic rings. The van der Waals surface area contributed by atoms with Crippen LogP contribution in [0, 0.1) is 30.6 Å². The zero-order valence-corrected chi connectivity index (χ0v) is 6.76. The zero-order chi connectivity index (χ0) is 11.2. The van der Waals surface area contributed by atoms with Gasteiger partial charge in [-0.2, -0.15) is 0 Å². The van der Waals surface area contributed by atoms with E-state index in [0.717, 1.165) is 0 Å². The molecule has 0 rings (SSSR count). The molecule has 0 aliphatic heterocycles. The van der Waals surface area contributed by atoms with E-state index in [2.05, 4.69) is 11.5 Å². The highest BCUT2D eigenvalue weighted by Gasteiger charge is 1.46. The fourth-order valence-corrected chi connectivity index (χ4v) is 0. The first-order valence-corrected chi connectivity index (χ1v) is 2.51. The van der Waals surface area contributed by atoms with E-state index in [4.69, 9.17) is 30.6 Å². The quantitative estimate of drug-likeness (QED) is 0.305. The van der Waals surface area contributed by atoms with Crippen molar-refractivity contribution in [3.63, 3.8) is 0 Å². The molecule has 0 radical (unpaired) electrons. The van der Waals surface area contributed by atoms with Gasteiger partial charge in [0, 0.05) is 0 Å². The maximum absolute atomic E-state index is 8.25. The predicted octanol–water partition coefficient (Wildman–Crippen LogP) is -2.76. The van der Waals surface area contributed by atoms with E-state index in [0.29, 0.717) is 0 Å². The van der Waals surface area contributed by atoms with Crippen molar-refractivity contribution in [3.8, 4) is 0 Å². The molecule has 0 aromatic carbocycles. The molecule has 0 amide bonds. The van der Waals surface area contributed by atoms with Crippen molar-refractivity contribution < 1.29 is 21.6 Å². The third-order valence-corrected chi connectivity index (χ3v) is 0. The van der Waals surface area contributed by atoms with Gasteiger partial charge in [-0.05, 0) is 0 Å². The first-order chi connectivity index (χ1) is 5.46. The molecule has 12 heavy (non-hydrogen) atoms. The van der Waals surface area contributed by atoms with E-state index in [-0.39, 0.29) is 0 Å². The lowest BCUT2D eigenvalue weighted by atomic mass is 11.6. The third-order valence-electron chi connectivity index (χ3n) is 0. The maximum atomic E-state index is 8.25. The van der Waals surface area contributed by atoms with Crippen LogP contribution >= 0.6 is 0 Å². The average molecular weight is 188 g/mol. The SMILES string of the molecule is C[NH3+].C[NH3+].O=[N+]([O-])[O-].O=[N+]([O-])[O-]. The molecular formula is C2H12N4O6. The lowest BCUT2D eigenvalue weighted by molar-refractivity contribution is -0.403. The van der Waals surface area contributed by atoms with E-state index in [9.17, 15) is 0 Å². The Labute approximate surface area is 67.6 Å². The topological polar surface area (TPSA) is 188 Å². The van der Waals surface area contributed by atoms with Gasteiger partial charge in [-0.3, -0.25) is 0 Å². The van der Waals surface area contributed by atoms with Crippen LogP contribution in [0.2, 0.25) is 0 Å². The van der Waals surface area contributed by atoms with Gasteiger partial charge >= 0.3 is 0 Å². The Balaban J connectivity index is -0.0000000380. The van der Waals surface area contributed by atoms with Crippen molar-refractivity contribution in [2.45, 2.75) is 0 Å². The summed E-state index contributed by atoms with van der Waals surface area (Å²) in [6.07, 6.45) is 0. The standard InChI is InChI=1S/2CH5N.2NO3/c2*1-2;2*2-1(3)4/h2*2H2,1H3;;/q;;2*-1/p+2. The molecule has 0 atom stereocenters. The first-order valence-electron chi connectivity index (χ1n) is 2.51. The highest BCUT2D eigenvalue weighted by atomic mass is 16.9. The van der Waals surface area contributed by atoms with Crippen molar-refractivity contribution in [1.82, 2.24) is 0 Å². The van der Waals surface area contributed by atoms with Gasteiger partial charge in [0.2, 0.25) is 0 Å². The van der Waals surface area contributed by atoms with Gasteiger partial charge in [0.05, 0.1) is 24.3 Å². The molecule has 0 aliphatic rings. The molecule has 76 valence electrons. The predicted molar refractivity (Wildman–Crippen MR) is 38.3 cm³/mol. The van der Waals surface area contributed by atoms with Crippen molar-refractivity contribution in [2.24, 2.45) is 0 Å². The van der Waals surface area contributed by atoms with Crippen LogP contribution in [0.1, 0.15) is 0 Å². The molecule has 10 nitrogen and oxygen atoms in total. The minimum atomic E-state index is -1.75. The molecule has 0 bridgehead atoms. The second-order valence-electron chi connectivity index (χ2n) is 0.447. The molecule has 10 heteroatoms. The Morgan fingerprint density at radius 3 is 0.750 bits per heavy atom. The first kappa shape index (κ1) is 22.4. The maximum Gasteiger partial charge on any atom is 0.0689 e. The Hall–Kier alpha value is -1.68. The number of hydrogen-bond acceptors (Lipinski definition) is 6. The van der Waals surface area contributed by atoms with Gasteiger partial charge in [-0.25, -0.2) is 0 Å². The monoisotopic (exact) mass is 188 g/mol. The molecular weight excluding hydrogens is 176 g/mol. The van der Waals surface area contributed by atoms with Gasteiger partial charge < -0.3 is 42.1 Å². The molecule has 0 saturated heterocycles. The normalized spacial score (nSPS) is 5.00. The molecule has 0 unspecified atom stereocenters. The van der Waals surface area contributed by atoms with E-state index >= 15 is 0 Å². The van der Waals surface area contributed by atoms with Crippen LogP contribution in [0.5, 0.6) is 0 Å². The summed E-state index contributed by atoms with van der Waals surface area (Å²) in [6.45, 7) is 0. The van der Waals surface area contributed by atoms with E-state index in [1.165, 1.54) is 0 Å². The highest BCUT2D eigenvalue weighted by molar-refractivity contribution is 4.04. The Bertz CT molecular complexity index is 75.5. The van der Waals surface area contributed by atoms with Gasteiger partial charge in [-0.1, -0.05) is 0 Å². The van der Waals surface area contributed by atoms with Gasteiger partial charge in [0.25, 0.3) is 0 Å². The van der Waals surface area contributed by atoms with Crippen molar-refractivity contribution in [3.05, 3.63) is 30.6 Å².